The van der Waals surface area contributed by atoms with Crippen molar-refractivity contribution in [2.75, 3.05) is 19.7 Å². The fourth-order valence-corrected chi connectivity index (χ4v) is 3.20. The van der Waals surface area contributed by atoms with Crippen molar-refractivity contribution in [1.82, 2.24) is 0 Å². The van der Waals surface area contributed by atoms with Crippen LogP contribution in [0.2, 0.25) is 0 Å². The van der Waals surface area contributed by atoms with E-state index < -0.39 is 0 Å². The lowest BCUT2D eigenvalue weighted by Gasteiger charge is -2.31. The molecule has 0 aliphatic carbocycles. The number of hydrogen-bond acceptors (Lipinski definition) is 4. The van der Waals surface area contributed by atoms with Crippen molar-refractivity contribution < 1.29 is 24.0 Å². The molecule has 0 bridgehead atoms. The third kappa shape index (κ3) is 2.65. The van der Waals surface area contributed by atoms with Crippen LogP contribution < -0.4 is 4.90 Å². The quantitative estimate of drug-likeness (QED) is 0.833. The fraction of sp³-hybridized carbons (Fsp3) is 0.500. The molecule has 0 amide bonds. The highest BCUT2D eigenvalue weighted by molar-refractivity contribution is 5.93. The molecule has 21 heavy (non-hydrogen) atoms. The van der Waals surface area contributed by atoms with Gasteiger partial charge in [0.15, 0.2) is 0 Å². The van der Waals surface area contributed by atoms with Crippen molar-refractivity contribution in [3.63, 3.8) is 0 Å². The second kappa shape index (κ2) is 5.85. The zero-order valence-corrected chi connectivity index (χ0v) is 12.1. The Balaban J connectivity index is 1.66. The Morgan fingerprint density at radius 1 is 1.33 bits per heavy atom. The van der Waals surface area contributed by atoms with Crippen LogP contribution in [0.3, 0.4) is 0 Å². The summed E-state index contributed by atoms with van der Waals surface area (Å²) >= 11 is 0. The summed E-state index contributed by atoms with van der Waals surface area (Å²) in [4.78, 5) is 24.8. The topological polar surface area (TPSA) is 57.0 Å². The molecule has 0 radical (unpaired) electrons. The van der Waals surface area contributed by atoms with E-state index in [2.05, 4.69) is 0 Å². The van der Waals surface area contributed by atoms with Crippen molar-refractivity contribution in [3.05, 3.63) is 35.4 Å². The van der Waals surface area contributed by atoms with Crippen molar-refractivity contribution in [3.8, 4) is 0 Å². The Morgan fingerprint density at radius 3 is 2.76 bits per heavy atom. The zero-order chi connectivity index (χ0) is 14.8. The molecular formula is C16H20NO4+. The summed E-state index contributed by atoms with van der Waals surface area (Å²) in [6, 6.07) is 7.54. The predicted octanol–water partition coefficient (Wildman–Crippen LogP) is 0.714. The van der Waals surface area contributed by atoms with Crippen LogP contribution in [-0.2, 0) is 14.3 Å². The highest BCUT2D eigenvalue weighted by atomic mass is 16.6. The number of cyclic esters (lactones) is 1. The lowest BCUT2D eigenvalue weighted by Crippen LogP contribution is -3.13. The van der Waals surface area contributed by atoms with Crippen LogP contribution in [-0.4, -0.2) is 31.6 Å². The first-order chi connectivity index (χ1) is 10.2. The zero-order valence-electron chi connectivity index (χ0n) is 12.1. The number of rotatable bonds is 3. The first kappa shape index (κ1) is 14.1. The molecule has 112 valence electrons. The smallest absolute Gasteiger partial charge is 0.343 e. The van der Waals surface area contributed by atoms with E-state index in [1.165, 1.54) is 4.90 Å². The average Bonchev–Trinajstić information content (AvgIpc) is 2.85. The van der Waals surface area contributed by atoms with Crippen molar-refractivity contribution in [2.45, 2.75) is 26.0 Å². The molecule has 1 fully saturated rings. The molecule has 2 aliphatic heterocycles. The fourth-order valence-electron chi connectivity index (χ4n) is 3.20. The van der Waals surface area contributed by atoms with Gasteiger partial charge in [-0.25, -0.2) is 4.79 Å². The van der Waals surface area contributed by atoms with E-state index in [4.69, 9.17) is 9.47 Å². The van der Waals surface area contributed by atoms with Gasteiger partial charge < -0.3 is 9.47 Å². The molecule has 2 aliphatic rings. The first-order valence-corrected chi connectivity index (χ1v) is 7.51. The summed E-state index contributed by atoms with van der Waals surface area (Å²) < 4.78 is 10.6. The maximum absolute atomic E-state index is 11.9. The van der Waals surface area contributed by atoms with Crippen LogP contribution >= 0.6 is 0 Å². The number of hydrogen-bond donors (Lipinski definition) is 1. The predicted molar refractivity (Wildman–Crippen MR) is 74.7 cm³/mol. The van der Waals surface area contributed by atoms with E-state index in [-0.39, 0.29) is 24.1 Å². The molecule has 0 spiro atoms. The number of fused-ring (bicyclic) bond motifs is 1. The molecule has 2 heterocycles. The Labute approximate surface area is 123 Å². The van der Waals surface area contributed by atoms with Gasteiger partial charge in [0.05, 0.1) is 36.7 Å². The molecule has 1 saturated heterocycles. The lowest BCUT2D eigenvalue weighted by molar-refractivity contribution is -0.956. The minimum absolute atomic E-state index is 0.0129. The Kier molecular flexibility index (Phi) is 3.92. The van der Waals surface area contributed by atoms with Crippen LogP contribution in [0.25, 0.3) is 0 Å². The van der Waals surface area contributed by atoms with Gasteiger partial charge in [-0.15, -0.1) is 0 Å². The van der Waals surface area contributed by atoms with E-state index in [9.17, 15) is 9.59 Å². The van der Waals surface area contributed by atoms with Crippen molar-refractivity contribution in [1.29, 1.82) is 0 Å². The van der Waals surface area contributed by atoms with Gasteiger partial charge in [-0.3, -0.25) is 9.69 Å². The molecule has 1 aromatic carbocycles. The molecule has 0 aromatic heterocycles. The molecule has 1 aromatic rings. The highest BCUT2D eigenvalue weighted by Gasteiger charge is 2.40. The van der Waals surface area contributed by atoms with Crippen LogP contribution in [0.1, 0.15) is 41.9 Å². The summed E-state index contributed by atoms with van der Waals surface area (Å²) in [5.41, 5.74) is 1.63. The molecule has 1 N–H and O–H groups in total. The van der Waals surface area contributed by atoms with Gasteiger partial charge in [0.2, 0.25) is 0 Å². The van der Waals surface area contributed by atoms with E-state index in [1.54, 1.807) is 0 Å². The van der Waals surface area contributed by atoms with Crippen LogP contribution in [0.15, 0.2) is 24.3 Å². The number of carbonyl (C=O) groups excluding carboxylic acids is 2. The standard InChI is InChI=1S/C16H19NO4/c1-2-20-15(18)11-7-9-17(10-8-11)14-12-5-3-4-6-13(12)16(19)21-14/h3-6,11,14H,2,7-10H2,1H3/p+1/t14-/m1/s1. The molecular weight excluding hydrogens is 270 g/mol. The third-order valence-corrected chi connectivity index (χ3v) is 4.31. The van der Waals surface area contributed by atoms with Gasteiger partial charge in [-0.1, -0.05) is 12.1 Å². The minimum atomic E-state index is -0.240. The molecule has 5 nitrogen and oxygen atoms in total. The van der Waals surface area contributed by atoms with Crippen LogP contribution in [0.5, 0.6) is 0 Å². The number of carbonyl (C=O) groups is 2. The van der Waals surface area contributed by atoms with Gasteiger partial charge in [0.25, 0.3) is 6.23 Å². The van der Waals surface area contributed by atoms with Crippen LogP contribution in [0, 0.1) is 5.92 Å². The molecule has 3 rings (SSSR count). The summed E-state index contributed by atoms with van der Waals surface area (Å²) in [6.07, 6.45) is 1.34. The SMILES string of the molecule is CCOC(=O)C1CC[NH+]([C@@H]2OC(=O)c3ccccc32)CC1. The van der Waals surface area contributed by atoms with Gasteiger partial charge in [-0.05, 0) is 19.1 Å². The second-order valence-corrected chi connectivity index (χ2v) is 5.56. The Hall–Kier alpha value is -1.88. The monoisotopic (exact) mass is 290 g/mol. The highest BCUT2D eigenvalue weighted by Crippen LogP contribution is 2.27. The molecule has 0 saturated carbocycles. The second-order valence-electron chi connectivity index (χ2n) is 5.56. The van der Waals surface area contributed by atoms with Crippen molar-refractivity contribution in [2.24, 2.45) is 5.92 Å². The normalized spacial score (nSPS) is 27.9. The maximum atomic E-state index is 11.9. The number of ether oxygens (including phenoxy) is 2. The summed E-state index contributed by atoms with van der Waals surface area (Å²) in [7, 11) is 0. The lowest BCUT2D eigenvalue weighted by atomic mass is 9.96. The molecule has 1 atom stereocenters. The number of nitrogens with one attached hydrogen (secondary N) is 1. The Bertz CT molecular complexity index is 549. The van der Waals surface area contributed by atoms with E-state index in [0.717, 1.165) is 31.5 Å². The molecule has 0 unspecified atom stereocenters. The van der Waals surface area contributed by atoms with Gasteiger partial charge >= 0.3 is 11.9 Å². The van der Waals surface area contributed by atoms with Gasteiger partial charge in [0.1, 0.15) is 0 Å². The molecule has 5 heteroatoms. The largest absolute Gasteiger partial charge is 0.466 e. The Morgan fingerprint density at radius 2 is 2.05 bits per heavy atom. The summed E-state index contributed by atoms with van der Waals surface area (Å²) in [5.74, 6) is -0.350. The summed E-state index contributed by atoms with van der Waals surface area (Å²) in [6.45, 7) is 3.89. The van der Waals surface area contributed by atoms with E-state index in [0.29, 0.717) is 12.2 Å². The maximum Gasteiger partial charge on any atom is 0.343 e. The van der Waals surface area contributed by atoms with Crippen molar-refractivity contribution >= 4 is 11.9 Å². The average molecular weight is 290 g/mol. The number of quaternary nitrogens is 1. The van der Waals surface area contributed by atoms with Gasteiger partial charge in [0, 0.05) is 12.8 Å². The van der Waals surface area contributed by atoms with E-state index in [1.807, 2.05) is 31.2 Å². The number of piperidine rings is 1. The number of esters is 2. The number of benzene rings is 1. The summed E-state index contributed by atoms with van der Waals surface area (Å²) in [5, 5.41) is 0. The minimum Gasteiger partial charge on any atom is -0.466 e. The number of likely N-dealkylation sites (tertiary alicyclic amines) is 1. The van der Waals surface area contributed by atoms with Gasteiger partial charge in [-0.2, -0.15) is 0 Å². The van der Waals surface area contributed by atoms with Crippen LogP contribution in [0.4, 0.5) is 0 Å². The first-order valence-electron chi connectivity index (χ1n) is 7.51. The van der Waals surface area contributed by atoms with E-state index >= 15 is 0 Å². The third-order valence-electron chi connectivity index (χ3n) is 4.31.